The van der Waals surface area contributed by atoms with E-state index in [4.69, 9.17) is 0 Å². The Morgan fingerprint density at radius 1 is 0.926 bits per heavy atom. The number of aromatic amines is 1. The second-order valence-electron chi connectivity index (χ2n) is 6.89. The summed E-state index contributed by atoms with van der Waals surface area (Å²) in [6.45, 7) is 2.65. The SMILES string of the molecule is CC(CNC(=O)c1cccc2cn[nH]c12)(c1ccccc1)c1ccccc1. The summed E-state index contributed by atoms with van der Waals surface area (Å²) in [5, 5.41) is 11.0. The quantitative estimate of drug-likeness (QED) is 0.561. The van der Waals surface area contributed by atoms with Crippen LogP contribution in [-0.2, 0) is 5.41 Å². The number of aromatic nitrogens is 2. The number of nitrogens with zero attached hydrogens (tertiary/aromatic N) is 1. The first-order valence-corrected chi connectivity index (χ1v) is 9.00. The molecule has 0 spiro atoms. The van der Waals surface area contributed by atoms with Crippen LogP contribution < -0.4 is 5.32 Å². The number of para-hydroxylation sites is 1. The molecule has 0 atom stereocenters. The van der Waals surface area contributed by atoms with E-state index in [0.29, 0.717) is 12.1 Å². The monoisotopic (exact) mass is 355 g/mol. The molecule has 1 amide bonds. The van der Waals surface area contributed by atoms with Gasteiger partial charge in [0.25, 0.3) is 5.91 Å². The van der Waals surface area contributed by atoms with Crippen LogP contribution in [0.3, 0.4) is 0 Å². The van der Waals surface area contributed by atoms with Gasteiger partial charge in [-0.25, -0.2) is 0 Å². The van der Waals surface area contributed by atoms with E-state index in [1.807, 2.05) is 54.6 Å². The van der Waals surface area contributed by atoms with Crippen LogP contribution in [-0.4, -0.2) is 22.6 Å². The Morgan fingerprint density at radius 3 is 2.19 bits per heavy atom. The van der Waals surface area contributed by atoms with Crippen LogP contribution in [0.5, 0.6) is 0 Å². The summed E-state index contributed by atoms with van der Waals surface area (Å²) < 4.78 is 0. The van der Waals surface area contributed by atoms with Gasteiger partial charge >= 0.3 is 0 Å². The van der Waals surface area contributed by atoms with E-state index in [0.717, 1.165) is 22.0 Å². The molecule has 4 aromatic rings. The maximum atomic E-state index is 12.9. The van der Waals surface area contributed by atoms with E-state index in [1.165, 1.54) is 0 Å². The van der Waals surface area contributed by atoms with Crippen molar-refractivity contribution in [3.63, 3.8) is 0 Å². The van der Waals surface area contributed by atoms with Gasteiger partial charge in [0.1, 0.15) is 0 Å². The number of benzene rings is 3. The second-order valence-corrected chi connectivity index (χ2v) is 6.89. The molecule has 0 unspecified atom stereocenters. The van der Waals surface area contributed by atoms with E-state index in [2.05, 4.69) is 46.7 Å². The lowest BCUT2D eigenvalue weighted by Crippen LogP contribution is -2.39. The van der Waals surface area contributed by atoms with Gasteiger partial charge in [0.2, 0.25) is 0 Å². The summed E-state index contributed by atoms with van der Waals surface area (Å²) in [6, 6.07) is 26.2. The Balaban J connectivity index is 1.65. The zero-order valence-electron chi connectivity index (χ0n) is 15.1. The lowest BCUT2D eigenvalue weighted by atomic mass is 9.76. The fourth-order valence-electron chi connectivity index (χ4n) is 3.49. The fourth-order valence-corrected chi connectivity index (χ4v) is 3.49. The topological polar surface area (TPSA) is 57.8 Å². The van der Waals surface area contributed by atoms with E-state index < -0.39 is 0 Å². The number of carbonyl (C=O) groups is 1. The fraction of sp³-hybridized carbons (Fsp3) is 0.130. The largest absolute Gasteiger partial charge is 0.351 e. The molecule has 0 aliphatic rings. The lowest BCUT2D eigenvalue weighted by molar-refractivity contribution is 0.0949. The molecule has 3 aromatic carbocycles. The Hall–Kier alpha value is -3.40. The van der Waals surface area contributed by atoms with Crippen molar-refractivity contribution in [2.45, 2.75) is 12.3 Å². The Bertz CT molecular complexity index is 1020. The van der Waals surface area contributed by atoms with Crippen molar-refractivity contribution in [2.24, 2.45) is 0 Å². The average molecular weight is 355 g/mol. The molecule has 0 saturated carbocycles. The number of hydrogen-bond acceptors (Lipinski definition) is 2. The third-order valence-electron chi connectivity index (χ3n) is 5.15. The summed E-state index contributed by atoms with van der Waals surface area (Å²) in [6.07, 6.45) is 1.73. The van der Waals surface area contributed by atoms with Crippen molar-refractivity contribution < 1.29 is 4.79 Å². The molecule has 4 heteroatoms. The molecule has 0 fully saturated rings. The minimum absolute atomic E-state index is 0.108. The van der Waals surface area contributed by atoms with Crippen LogP contribution in [0.15, 0.2) is 85.1 Å². The smallest absolute Gasteiger partial charge is 0.253 e. The summed E-state index contributed by atoms with van der Waals surface area (Å²) in [5.41, 5.74) is 3.36. The number of H-pyrrole nitrogens is 1. The zero-order chi connectivity index (χ0) is 18.7. The first-order valence-electron chi connectivity index (χ1n) is 9.00. The molecule has 134 valence electrons. The van der Waals surface area contributed by atoms with Gasteiger partial charge in [0.05, 0.1) is 17.3 Å². The Morgan fingerprint density at radius 2 is 1.56 bits per heavy atom. The van der Waals surface area contributed by atoms with Gasteiger partial charge in [0, 0.05) is 17.3 Å². The maximum Gasteiger partial charge on any atom is 0.253 e. The van der Waals surface area contributed by atoms with Gasteiger partial charge in [-0.1, -0.05) is 72.8 Å². The number of hydrogen-bond donors (Lipinski definition) is 2. The van der Waals surface area contributed by atoms with Crippen molar-refractivity contribution in [2.75, 3.05) is 6.54 Å². The number of fused-ring (bicyclic) bond motifs is 1. The molecular weight excluding hydrogens is 334 g/mol. The van der Waals surface area contributed by atoms with Crippen molar-refractivity contribution in [3.05, 3.63) is 102 Å². The molecule has 0 aliphatic heterocycles. The van der Waals surface area contributed by atoms with E-state index in [1.54, 1.807) is 6.20 Å². The van der Waals surface area contributed by atoms with Crippen LogP contribution in [0.2, 0.25) is 0 Å². The third kappa shape index (κ3) is 3.22. The highest BCUT2D eigenvalue weighted by atomic mass is 16.1. The molecule has 0 radical (unpaired) electrons. The first kappa shape index (κ1) is 17.0. The van der Waals surface area contributed by atoms with Crippen LogP contribution in [0.25, 0.3) is 10.9 Å². The summed E-state index contributed by atoms with van der Waals surface area (Å²) in [4.78, 5) is 12.9. The summed E-state index contributed by atoms with van der Waals surface area (Å²) >= 11 is 0. The predicted octanol–water partition coefficient (Wildman–Crippen LogP) is 4.30. The van der Waals surface area contributed by atoms with Crippen LogP contribution in [0.4, 0.5) is 0 Å². The van der Waals surface area contributed by atoms with Gasteiger partial charge in [0.15, 0.2) is 0 Å². The normalized spacial score (nSPS) is 11.4. The minimum atomic E-state index is -0.333. The van der Waals surface area contributed by atoms with Gasteiger partial charge in [-0.2, -0.15) is 5.10 Å². The van der Waals surface area contributed by atoms with E-state index >= 15 is 0 Å². The van der Waals surface area contributed by atoms with Gasteiger partial charge in [-0.05, 0) is 24.1 Å². The molecule has 1 heterocycles. The van der Waals surface area contributed by atoms with Crippen molar-refractivity contribution in [1.82, 2.24) is 15.5 Å². The minimum Gasteiger partial charge on any atom is -0.351 e. The third-order valence-corrected chi connectivity index (χ3v) is 5.15. The highest BCUT2D eigenvalue weighted by molar-refractivity contribution is 6.05. The number of nitrogens with one attached hydrogen (secondary N) is 2. The van der Waals surface area contributed by atoms with Gasteiger partial charge in [-0.3, -0.25) is 9.89 Å². The first-order chi connectivity index (χ1) is 13.2. The van der Waals surface area contributed by atoms with E-state index in [-0.39, 0.29) is 11.3 Å². The highest BCUT2D eigenvalue weighted by Gasteiger charge is 2.29. The molecule has 27 heavy (non-hydrogen) atoms. The summed E-state index contributed by atoms with van der Waals surface area (Å²) in [7, 11) is 0. The maximum absolute atomic E-state index is 12.9. The number of amides is 1. The predicted molar refractivity (Wildman–Crippen MR) is 108 cm³/mol. The lowest BCUT2D eigenvalue weighted by Gasteiger charge is -2.31. The molecule has 1 aromatic heterocycles. The summed E-state index contributed by atoms with van der Waals surface area (Å²) in [5.74, 6) is -0.108. The highest BCUT2D eigenvalue weighted by Crippen LogP contribution is 2.31. The molecule has 4 rings (SSSR count). The average Bonchev–Trinajstić information content (AvgIpc) is 3.22. The molecule has 0 saturated heterocycles. The van der Waals surface area contributed by atoms with Crippen LogP contribution in [0.1, 0.15) is 28.4 Å². The van der Waals surface area contributed by atoms with Crippen LogP contribution in [0, 0.1) is 0 Å². The van der Waals surface area contributed by atoms with Gasteiger partial charge in [-0.15, -0.1) is 0 Å². The Kier molecular flexibility index (Phi) is 4.47. The molecular formula is C23H21N3O. The number of rotatable bonds is 5. The molecule has 2 N–H and O–H groups in total. The standard InChI is InChI=1S/C23H21N3O/c1-23(18-10-4-2-5-11-18,19-12-6-3-7-13-19)16-24-22(27)20-14-8-9-17-15-25-26-21(17)20/h2-15H,16H2,1H3,(H,24,27)(H,25,26). The molecule has 0 bridgehead atoms. The van der Waals surface area contributed by atoms with Crippen molar-refractivity contribution in [1.29, 1.82) is 0 Å². The van der Waals surface area contributed by atoms with Gasteiger partial charge < -0.3 is 5.32 Å². The van der Waals surface area contributed by atoms with Crippen molar-refractivity contribution >= 4 is 16.8 Å². The van der Waals surface area contributed by atoms with Crippen molar-refractivity contribution in [3.8, 4) is 0 Å². The molecule has 0 aliphatic carbocycles. The molecule has 4 nitrogen and oxygen atoms in total. The van der Waals surface area contributed by atoms with Crippen LogP contribution >= 0.6 is 0 Å². The zero-order valence-corrected chi connectivity index (χ0v) is 15.1. The Labute approximate surface area is 158 Å². The van der Waals surface area contributed by atoms with E-state index in [9.17, 15) is 4.79 Å². The number of carbonyl (C=O) groups excluding carboxylic acids is 1. The second kappa shape index (κ2) is 7.08.